The number of halogens is 1. The highest BCUT2D eigenvalue weighted by atomic mass is 32.1. The summed E-state index contributed by atoms with van der Waals surface area (Å²) in [5.41, 5.74) is 1.49. The molecule has 0 saturated carbocycles. The molecule has 1 aromatic carbocycles. The predicted octanol–water partition coefficient (Wildman–Crippen LogP) is 2.06. The molecule has 1 aromatic heterocycles. The second-order valence-electron chi connectivity index (χ2n) is 6.66. The Hall–Kier alpha value is -2.85. The molecule has 0 aliphatic carbocycles. The molecule has 3 rings (SSSR count). The van der Waals surface area contributed by atoms with Gasteiger partial charge >= 0.3 is 0 Å². The molecule has 1 amide bonds. The second kappa shape index (κ2) is 9.57. The van der Waals surface area contributed by atoms with Gasteiger partial charge in [-0.2, -0.15) is 10.5 Å². The number of carbonyl (C=O) groups is 1. The van der Waals surface area contributed by atoms with Crippen molar-refractivity contribution in [2.75, 3.05) is 19.7 Å². The Labute approximate surface area is 172 Å². The zero-order valence-electron chi connectivity index (χ0n) is 15.9. The highest BCUT2D eigenvalue weighted by molar-refractivity contribution is 7.15. The van der Waals surface area contributed by atoms with Gasteiger partial charge < -0.3 is 15.4 Å². The summed E-state index contributed by atoms with van der Waals surface area (Å²) in [4.78, 5) is 17.1. The molecule has 9 heteroatoms. The van der Waals surface area contributed by atoms with Crippen LogP contribution in [0.15, 0.2) is 18.2 Å². The summed E-state index contributed by atoms with van der Waals surface area (Å²) in [6.07, 6.45) is 0.190. The number of ether oxygens (including phenoxy) is 1. The number of nitrogens with one attached hydrogen (secondary N) is 2. The number of rotatable bonds is 5. The van der Waals surface area contributed by atoms with E-state index < -0.39 is 18.0 Å². The van der Waals surface area contributed by atoms with Gasteiger partial charge in [-0.25, -0.2) is 9.37 Å². The molecule has 2 atom stereocenters. The van der Waals surface area contributed by atoms with Gasteiger partial charge in [0.1, 0.15) is 33.9 Å². The zero-order chi connectivity index (χ0) is 20.8. The van der Waals surface area contributed by atoms with E-state index in [0.717, 1.165) is 13.0 Å². The topological polar surface area (TPSA) is 111 Å². The lowest BCUT2D eigenvalue weighted by Crippen LogP contribution is -2.46. The number of aromatic nitrogens is 1. The summed E-state index contributed by atoms with van der Waals surface area (Å²) in [5, 5.41) is 24.7. The third-order valence-electron chi connectivity index (χ3n) is 4.53. The van der Waals surface area contributed by atoms with E-state index in [-0.39, 0.29) is 12.3 Å². The first-order valence-electron chi connectivity index (χ1n) is 9.20. The van der Waals surface area contributed by atoms with Crippen LogP contribution in [-0.4, -0.2) is 42.7 Å². The van der Waals surface area contributed by atoms with E-state index in [2.05, 4.69) is 21.7 Å². The lowest BCUT2D eigenvalue weighted by Gasteiger charge is -2.18. The molecule has 1 fully saturated rings. The molecule has 1 unspecified atom stereocenters. The van der Waals surface area contributed by atoms with Crippen molar-refractivity contribution in [3.63, 3.8) is 0 Å². The van der Waals surface area contributed by atoms with Gasteiger partial charge in [0, 0.05) is 25.1 Å². The molecule has 1 aliphatic heterocycles. The fourth-order valence-electron chi connectivity index (χ4n) is 2.97. The highest BCUT2D eigenvalue weighted by Crippen LogP contribution is 2.28. The molecule has 1 saturated heterocycles. The molecule has 1 aliphatic rings. The highest BCUT2D eigenvalue weighted by Gasteiger charge is 2.24. The molecular weight excluding hydrogens is 393 g/mol. The Balaban J connectivity index is 1.68. The van der Waals surface area contributed by atoms with E-state index in [4.69, 9.17) is 10.00 Å². The molecule has 0 spiro atoms. The lowest BCUT2D eigenvalue weighted by molar-refractivity contribution is -0.132. The molecule has 150 valence electrons. The van der Waals surface area contributed by atoms with Crippen LogP contribution in [0.5, 0.6) is 0 Å². The van der Waals surface area contributed by atoms with Crippen molar-refractivity contribution in [1.82, 2.24) is 15.6 Å². The first-order valence-corrected chi connectivity index (χ1v) is 10.0. The van der Waals surface area contributed by atoms with Gasteiger partial charge in [-0.1, -0.05) is 12.1 Å². The van der Waals surface area contributed by atoms with Gasteiger partial charge in [0.2, 0.25) is 0 Å². The van der Waals surface area contributed by atoms with E-state index in [9.17, 15) is 14.4 Å². The second-order valence-corrected chi connectivity index (χ2v) is 7.66. The third kappa shape index (κ3) is 5.15. The maximum atomic E-state index is 14.6. The minimum atomic E-state index is -0.873. The van der Waals surface area contributed by atoms with Crippen LogP contribution >= 0.6 is 11.3 Å². The Kier molecular flexibility index (Phi) is 6.89. The van der Waals surface area contributed by atoms with Crippen LogP contribution in [0.4, 0.5) is 4.39 Å². The minimum Gasteiger partial charge on any atom is -0.367 e. The predicted molar refractivity (Wildman–Crippen MR) is 105 cm³/mol. The fourth-order valence-corrected chi connectivity index (χ4v) is 3.83. The maximum Gasteiger partial charge on any atom is 0.251 e. The normalized spacial score (nSPS) is 17.6. The quantitative estimate of drug-likeness (QED) is 0.776. The van der Waals surface area contributed by atoms with Crippen molar-refractivity contribution in [1.29, 1.82) is 10.5 Å². The van der Waals surface area contributed by atoms with Crippen molar-refractivity contribution in [2.45, 2.75) is 31.9 Å². The van der Waals surface area contributed by atoms with E-state index >= 15 is 0 Å². The van der Waals surface area contributed by atoms with Crippen LogP contribution in [-0.2, 0) is 16.0 Å². The van der Waals surface area contributed by atoms with Crippen molar-refractivity contribution in [3.05, 3.63) is 40.2 Å². The molecule has 2 aromatic rings. The third-order valence-corrected chi connectivity index (χ3v) is 5.64. The van der Waals surface area contributed by atoms with Crippen molar-refractivity contribution < 1.29 is 13.9 Å². The van der Waals surface area contributed by atoms with Crippen LogP contribution in [0.3, 0.4) is 0 Å². The zero-order valence-corrected chi connectivity index (χ0v) is 16.7. The van der Waals surface area contributed by atoms with Crippen LogP contribution in [0.25, 0.3) is 10.6 Å². The van der Waals surface area contributed by atoms with Crippen molar-refractivity contribution >= 4 is 17.2 Å². The maximum absolute atomic E-state index is 14.6. The molecular formula is C20H20FN5O2S. The van der Waals surface area contributed by atoms with Gasteiger partial charge in [-0.05, 0) is 31.5 Å². The molecule has 2 heterocycles. The fraction of sp³-hybridized carbons (Fsp3) is 0.400. The van der Waals surface area contributed by atoms with Gasteiger partial charge in [0.15, 0.2) is 0 Å². The average Bonchev–Trinajstić information content (AvgIpc) is 2.91. The number of amides is 1. The summed E-state index contributed by atoms with van der Waals surface area (Å²) in [5.74, 6) is -0.874. The number of hydrogen-bond acceptors (Lipinski definition) is 7. The number of benzene rings is 1. The Bertz CT molecular complexity index is 970. The molecule has 0 bridgehead atoms. The summed E-state index contributed by atoms with van der Waals surface area (Å²) in [6.45, 7) is 3.36. The Morgan fingerprint density at radius 3 is 3.03 bits per heavy atom. The summed E-state index contributed by atoms with van der Waals surface area (Å²) >= 11 is 1.20. The summed E-state index contributed by atoms with van der Waals surface area (Å²) in [7, 11) is 0. The molecule has 7 nitrogen and oxygen atoms in total. The molecule has 29 heavy (non-hydrogen) atoms. The van der Waals surface area contributed by atoms with Crippen LogP contribution in [0.2, 0.25) is 0 Å². The summed E-state index contributed by atoms with van der Waals surface area (Å²) in [6, 6.07) is 7.81. The SMILES string of the molecule is Cc1nc(-c2ccc(CC(C#N)NC(=O)[C@@H]3CNCCCO3)c(F)c2)sc1C#N. The number of carbonyl (C=O) groups excluding carboxylic acids is 1. The van der Waals surface area contributed by atoms with E-state index in [1.165, 1.54) is 17.4 Å². The van der Waals surface area contributed by atoms with E-state index in [1.54, 1.807) is 19.1 Å². The number of hydrogen-bond donors (Lipinski definition) is 2. The average molecular weight is 413 g/mol. The number of aryl methyl sites for hydroxylation is 1. The van der Waals surface area contributed by atoms with Crippen molar-refractivity contribution in [2.24, 2.45) is 0 Å². The van der Waals surface area contributed by atoms with Gasteiger partial charge in [-0.3, -0.25) is 4.79 Å². The molecule has 0 radical (unpaired) electrons. The van der Waals surface area contributed by atoms with E-state index in [1.807, 2.05) is 6.07 Å². The van der Waals surface area contributed by atoms with Gasteiger partial charge in [0.25, 0.3) is 5.91 Å². The number of nitriles is 2. The number of thiazole rings is 1. The standard InChI is InChI=1S/C20H20FN5O2S/c1-12-18(10-23)29-20(25-12)14-4-3-13(16(21)8-14)7-15(9-22)26-19(27)17-11-24-5-2-6-28-17/h3-4,8,15,17,24H,2,5-7,11H2,1H3,(H,26,27)/t15?,17-/m0/s1. The minimum absolute atomic E-state index is 0.0366. The summed E-state index contributed by atoms with van der Waals surface area (Å²) < 4.78 is 20.1. The number of nitrogens with zero attached hydrogens (tertiary/aromatic N) is 3. The smallest absolute Gasteiger partial charge is 0.251 e. The largest absolute Gasteiger partial charge is 0.367 e. The first-order chi connectivity index (χ1) is 14.0. The first kappa shape index (κ1) is 20.9. The van der Waals surface area contributed by atoms with E-state index in [0.29, 0.717) is 39.9 Å². The Morgan fingerprint density at radius 2 is 2.34 bits per heavy atom. The lowest BCUT2D eigenvalue weighted by atomic mass is 10.0. The van der Waals surface area contributed by atoms with Crippen molar-refractivity contribution in [3.8, 4) is 22.7 Å². The van der Waals surface area contributed by atoms with Crippen LogP contribution < -0.4 is 10.6 Å². The molecule has 2 N–H and O–H groups in total. The van der Waals surface area contributed by atoms with Gasteiger partial charge in [-0.15, -0.1) is 11.3 Å². The van der Waals surface area contributed by atoms with Crippen LogP contribution in [0.1, 0.15) is 22.6 Å². The monoisotopic (exact) mass is 413 g/mol. The van der Waals surface area contributed by atoms with Gasteiger partial charge in [0.05, 0.1) is 11.8 Å². The van der Waals surface area contributed by atoms with Crippen LogP contribution in [0, 0.1) is 35.4 Å². The Morgan fingerprint density at radius 1 is 1.52 bits per heavy atom.